The minimum Gasteiger partial charge on any atom is -0.241 e. The van der Waals surface area contributed by atoms with Crippen molar-refractivity contribution in [3.63, 3.8) is 0 Å². The van der Waals surface area contributed by atoms with Gasteiger partial charge in [-0.15, -0.1) is 11.3 Å². The third-order valence-corrected chi connectivity index (χ3v) is 8.22. The lowest BCUT2D eigenvalue weighted by atomic mass is 10.1. The van der Waals surface area contributed by atoms with E-state index in [2.05, 4.69) is 4.98 Å². The Balaban J connectivity index is 1.59. The van der Waals surface area contributed by atoms with Crippen molar-refractivity contribution in [3.05, 3.63) is 87.9 Å². The van der Waals surface area contributed by atoms with Crippen molar-refractivity contribution in [2.75, 3.05) is 3.82 Å². The van der Waals surface area contributed by atoms with Gasteiger partial charge < -0.3 is 0 Å². The number of halogens is 5. The molecule has 0 aliphatic rings. The molecular formula is C21H13Cl2F3N2O2S2. The second kappa shape index (κ2) is 8.55. The Kier molecular flexibility index (Phi) is 6.10. The number of aromatic nitrogens is 1. The van der Waals surface area contributed by atoms with Crippen LogP contribution in [0.4, 0.5) is 18.9 Å². The van der Waals surface area contributed by atoms with Gasteiger partial charge in [-0.25, -0.2) is 4.98 Å². The summed E-state index contributed by atoms with van der Waals surface area (Å²) < 4.78 is 65.4. The van der Waals surface area contributed by atoms with Crippen molar-refractivity contribution in [1.29, 1.82) is 0 Å². The van der Waals surface area contributed by atoms with E-state index < -0.39 is 21.8 Å². The van der Waals surface area contributed by atoms with E-state index in [0.29, 0.717) is 19.1 Å². The van der Waals surface area contributed by atoms with Gasteiger partial charge in [0.05, 0.1) is 31.4 Å². The number of alkyl halides is 3. The molecule has 0 unspecified atom stereocenters. The molecule has 4 aromatic rings. The largest absolute Gasteiger partial charge is 0.416 e. The minimum atomic E-state index is -4.44. The van der Waals surface area contributed by atoms with E-state index >= 15 is 0 Å². The molecule has 0 radical (unpaired) electrons. The molecule has 0 bridgehead atoms. The van der Waals surface area contributed by atoms with Crippen LogP contribution in [0.2, 0.25) is 5.02 Å². The first-order valence-corrected chi connectivity index (χ1v) is 12.0. The second-order valence-electron chi connectivity index (χ2n) is 6.77. The Morgan fingerprint density at radius 3 is 2.38 bits per heavy atom. The van der Waals surface area contributed by atoms with E-state index in [1.165, 1.54) is 41.7 Å². The first kappa shape index (κ1) is 22.8. The number of sulfonamides is 1. The summed E-state index contributed by atoms with van der Waals surface area (Å²) in [6.07, 6.45) is -4.17. The number of fused-ring (bicyclic) bond motifs is 1. The molecule has 4 nitrogen and oxygen atoms in total. The number of hydrogen-bond donors (Lipinski definition) is 0. The van der Waals surface area contributed by atoms with Crippen LogP contribution in [0.3, 0.4) is 0 Å². The molecule has 0 amide bonds. The van der Waals surface area contributed by atoms with Crippen LogP contribution in [0.25, 0.3) is 10.2 Å². The maximum Gasteiger partial charge on any atom is 0.416 e. The predicted molar refractivity (Wildman–Crippen MR) is 121 cm³/mol. The van der Waals surface area contributed by atoms with Crippen molar-refractivity contribution >= 4 is 60.6 Å². The van der Waals surface area contributed by atoms with Gasteiger partial charge in [-0.1, -0.05) is 35.9 Å². The third-order valence-electron chi connectivity index (χ3n) is 4.59. The molecule has 0 saturated carbocycles. The van der Waals surface area contributed by atoms with E-state index in [-0.39, 0.29) is 27.5 Å². The topological polar surface area (TPSA) is 50.3 Å². The highest BCUT2D eigenvalue weighted by Gasteiger charge is 2.31. The Labute approximate surface area is 196 Å². The van der Waals surface area contributed by atoms with Crippen LogP contribution in [0.1, 0.15) is 16.1 Å². The Hall–Kier alpha value is -2.33. The molecule has 0 saturated heterocycles. The quantitative estimate of drug-likeness (QED) is 0.271. The molecule has 1 aromatic heterocycles. The van der Waals surface area contributed by atoms with Crippen LogP contribution >= 0.6 is 34.7 Å². The van der Waals surface area contributed by atoms with Gasteiger partial charge in [0.1, 0.15) is 0 Å². The first-order valence-electron chi connectivity index (χ1n) is 9.07. The van der Waals surface area contributed by atoms with E-state index in [1.54, 1.807) is 24.3 Å². The average Bonchev–Trinajstić information content (AvgIpc) is 3.16. The molecule has 0 N–H and O–H groups in total. The molecule has 3 aromatic carbocycles. The maximum absolute atomic E-state index is 12.9. The summed E-state index contributed by atoms with van der Waals surface area (Å²) in [5.41, 5.74) is 0.288. The summed E-state index contributed by atoms with van der Waals surface area (Å²) in [7, 11) is -3.98. The molecule has 0 aliphatic carbocycles. The molecule has 0 aliphatic heterocycles. The maximum atomic E-state index is 12.9. The van der Waals surface area contributed by atoms with E-state index in [1.807, 2.05) is 0 Å². The lowest BCUT2D eigenvalue weighted by Gasteiger charge is -2.17. The van der Waals surface area contributed by atoms with Gasteiger partial charge in [0.25, 0.3) is 10.0 Å². The van der Waals surface area contributed by atoms with Crippen LogP contribution in [0, 0.1) is 0 Å². The molecule has 0 spiro atoms. The fourth-order valence-corrected chi connectivity index (χ4v) is 5.64. The zero-order chi connectivity index (χ0) is 23.1. The molecule has 0 atom stereocenters. The number of thiazole rings is 1. The number of hydrogen-bond acceptors (Lipinski definition) is 4. The minimum absolute atomic E-state index is 0.0305. The molecule has 1 heterocycles. The van der Waals surface area contributed by atoms with E-state index in [9.17, 15) is 21.6 Å². The van der Waals surface area contributed by atoms with Crippen LogP contribution in [-0.2, 0) is 22.6 Å². The van der Waals surface area contributed by atoms with E-state index in [4.69, 9.17) is 23.4 Å². The van der Waals surface area contributed by atoms with Crippen LogP contribution in [0.5, 0.6) is 0 Å². The van der Waals surface area contributed by atoms with Gasteiger partial charge in [0, 0.05) is 23.2 Å². The van der Waals surface area contributed by atoms with Gasteiger partial charge in [0.15, 0.2) is 0 Å². The van der Waals surface area contributed by atoms with Crippen molar-refractivity contribution in [3.8, 4) is 0 Å². The first-order chi connectivity index (χ1) is 15.1. The number of anilines is 1. The summed E-state index contributed by atoms with van der Waals surface area (Å²) in [5.74, 6) is 0. The third kappa shape index (κ3) is 4.56. The van der Waals surface area contributed by atoms with Gasteiger partial charge in [-0.05, 0) is 48.0 Å². The standard InChI is InChI=1S/C21H13Cl2F3N2O2S2/c22-17-12-15(28(23)32(29,30)16-4-2-1-3-5-16)8-6-13(17)10-20-27-18-11-14(21(24,25)26)7-9-19(18)31-20/h1-9,11-12H,10H2. The highest BCUT2D eigenvalue weighted by molar-refractivity contribution is 7.94. The fraction of sp³-hybridized carbons (Fsp3) is 0.0952. The molecule has 166 valence electrons. The molecule has 0 fully saturated rings. The summed E-state index contributed by atoms with van der Waals surface area (Å²) in [6.45, 7) is 0. The van der Waals surface area contributed by atoms with Gasteiger partial charge in [0.2, 0.25) is 0 Å². The highest BCUT2D eigenvalue weighted by atomic mass is 35.5. The van der Waals surface area contributed by atoms with Crippen molar-refractivity contribution in [1.82, 2.24) is 4.98 Å². The van der Waals surface area contributed by atoms with Crippen molar-refractivity contribution in [2.45, 2.75) is 17.5 Å². The van der Waals surface area contributed by atoms with Gasteiger partial charge in [-0.3, -0.25) is 0 Å². The summed E-state index contributed by atoms with van der Waals surface area (Å²) >= 11 is 13.7. The Bertz CT molecular complexity index is 1390. The molecule has 11 heteroatoms. The zero-order valence-corrected chi connectivity index (χ0v) is 19.1. The summed E-state index contributed by atoms with van der Waals surface area (Å²) in [4.78, 5) is 4.32. The highest BCUT2D eigenvalue weighted by Crippen LogP contribution is 2.35. The van der Waals surface area contributed by atoms with Gasteiger partial charge >= 0.3 is 6.18 Å². The van der Waals surface area contributed by atoms with E-state index in [0.717, 1.165) is 12.1 Å². The van der Waals surface area contributed by atoms with Crippen LogP contribution in [0.15, 0.2) is 71.6 Å². The number of nitrogens with zero attached hydrogens (tertiary/aromatic N) is 2. The monoisotopic (exact) mass is 516 g/mol. The second-order valence-corrected chi connectivity index (χ2v) is 10.6. The predicted octanol–water partition coefficient (Wildman–Crippen LogP) is 6.91. The number of benzene rings is 3. The summed E-state index contributed by atoms with van der Waals surface area (Å²) in [6, 6.07) is 15.7. The molecular weight excluding hydrogens is 504 g/mol. The van der Waals surface area contributed by atoms with Crippen LogP contribution < -0.4 is 3.82 Å². The van der Waals surface area contributed by atoms with Crippen molar-refractivity contribution in [2.24, 2.45) is 0 Å². The van der Waals surface area contributed by atoms with Crippen molar-refractivity contribution < 1.29 is 21.6 Å². The smallest absolute Gasteiger partial charge is 0.241 e. The normalized spacial score (nSPS) is 12.3. The zero-order valence-electron chi connectivity index (χ0n) is 16.0. The molecule has 4 rings (SSSR count). The Morgan fingerprint density at radius 1 is 1.00 bits per heavy atom. The van der Waals surface area contributed by atoms with Crippen LogP contribution in [-0.4, -0.2) is 13.4 Å². The SMILES string of the molecule is O=S(=O)(c1ccccc1)N(Cl)c1ccc(Cc2nc3cc(C(F)(F)F)ccc3s2)c(Cl)c1. The average molecular weight is 517 g/mol. The lowest BCUT2D eigenvalue weighted by Crippen LogP contribution is -2.21. The lowest BCUT2D eigenvalue weighted by molar-refractivity contribution is -0.137. The summed E-state index contributed by atoms with van der Waals surface area (Å²) in [5, 5.41) is 0.834. The Morgan fingerprint density at radius 2 is 1.72 bits per heavy atom. The fourth-order valence-electron chi connectivity index (χ4n) is 3.00. The molecule has 32 heavy (non-hydrogen) atoms. The van der Waals surface area contributed by atoms with Gasteiger partial charge in [-0.2, -0.15) is 25.4 Å². The number of rotatable bonds is 5.